The highest BCUT2D eigenvalue weighted by molar-refractivity contribution is 7.10. The fourth-order valence-corrected chi connectivity index (χ4v) is 5.98. The molecule has 186 valence electrons. The summed E-state index contributed by atoms with van der Waals surface area (Å²) in [6, 6.07) is 26.6. The van der Waals surface area contributed by atoms with Crippen LogP contribution in [-0.4, -0.2) is 21.5 Å². The van der Waals surface area contributed by atoms with Crippen LogP contribution in [0, 0.1) is 12.7 Å². The molecule has 4 heterocycles. The number of halogens is 2. The van der Waals surface area contributed by atoms with Crippen molar-refractivity contribution in [1.29, 1.82) is 0 Å². The van der Waals surface area contributed by atoms with Crippen molar-refractivity contribution in [2.45, 2.75) is 13.0 Å². The second-order valence-electron chi connectivity index (χ2n) is 9.00. The minimum Gasteiger partial charge on any atom is -0.337 e. The zero-order chi connectivity index (χ0) is 25.8. The van der Waals surface area contributed by atoms with Gasteiger partial charge in [0.25, 0.3) is 0 Å². The molecule has 2 aliphatic rings. The fourth-order valence-electron chi connectivity index (χ4n) is 4.97. The zero-order valence-electron chi connectivity index (χ0n) is 20.1. The lowest BCUT2D eigenvalue weighted by atomic mass is 9.98. The van der Waals surface area contributed by atoms with Gasteiger partial charge in [-0.25, -0.2) is 19.1 Å². The molecule has 7 rings (SSSR count). The molecule has 1 atom stereocenters. The molecule has 0 saturated carbocycles. The second-order valence-corrected chi connectivity index (χ2v) is 10.4. The van der Waals surface area contributed by atoms with Crippen LogP contribution in [0.15, 0.2) is 100 Å². The Morgan fingerprint density at radius 2 is 1.76 bits per heavy atom. The summed E-state index contributed by atoms with van der Waals surface area (Å²) in [6.45, 7) is 2.03. The van der Waals surface area contributed by atoms with Crippen LogP contribution in [0.3, 0.4) is 0 Å². The number of anilines is 2. The van der Waals surface area contributed by atoms with Gasteiger partial charge in [-0.15, -0.1) is 11.3 Å². The molecule has 0 spiro atoms. The molecule has 38 heavy (non-hydrogen) atoms. The van der Waals surface area contributed by atoms with E-state index in [0.717, 1.165) is 39.0 Å². The van der Waals surface area contributed by atoms with Gasteiger partial charge in [0, 0.05) is 16.1 Å². The molecular weight excluding hydrogens is 519 g/mol. The summed E-state index contributed by atoms with van der Waals surface area (Å²) < 4.78 is 15.8. The topological polar surface area (TPSA) is 57.8 Å². The van der Waals surface area contributed by atoms with Gasteiger partial charge < -0.3 is 10.2 Å². The lowest BCUT2D eigenvalue weighted by Gasteiger charge is -2.40. The first-order valence-electron chi connectivity index (χ1n) is 12.0. The van der Waals surface area contributed by atoms with E-state index in [1.165, 1.54) is 6.07 Å². The molecule has 0 bridgehead atoms. The van der Waals surface area contributed by atoms with Gasteiger partial charge in [0.05, 0.1) is 27.8 Å². The third-order valence-corrected chi connectivity index (χ3v) is 7.85. The lowest BCUT2D eigenvalue weighted by Crippen LogP contribution is -2.46. The Balaban J connectivity index is 1.48. The van der Waals surface area contributed by atoms with E-state index in [4.69, 9.17) is 26.7 Å². The zero-order valence-corrected chi connectivity index (χ0v) is 21.7. The predicted molar refractivity (Wildman–Crippen MR) is 153 cm³/mol. The standard InChI is InChI=1S/C29H20ClFN6S/c1-17-25-26(24-12-7-15-38-24)36-23-11-6-5-10-22(23)33-27(32-18-13-14-21(31)20(30)16-18)29(36)34-28(25)37(35-17)19-8-3-2-4-9-19/h2-16,26H,1H3,(H,32,33)/t26-/m0/s1. The van der Waals surface area contributed by atoms with E-state index in [-0.39, 0.29) is 11.1 Å². The molecule has 9 heteroatoms. The number of hydrogen-bond acceptors (Lipinski definition) is 6. The maximum Gasteiger partial charge on any atom is 0.179 e. The number of benzene rings is 3. The number of aliphatic imine (C=N–C) groups is 2. The number of aryl methyl sites for hydroxylation is 1. The average Bonchev–Trinajstić information content (AvgIpc) is 3.59. The van der Waals surface area contributed by atoms with E-state index < -0.39 is 5.82 Å². The molecule has 3 aromatic carbocycles. The first-order chi connectivity index (χ1) is 18.6. The number of thiophene rings is 1. The van der Waals surface area contributed by atoms with E-state index in [1.54, 1.807) is 23.5 Å². The Morgan fingerprint density at radius 3 is 2.55 bits per heavy atom. The van der Waals surface area contributed by atoms with E-state index in [9.17, 15) is 4.39 Å². The number of amidine groups is 2. The van der Waals surface area contributed by atoms with Crippen LogP contribution < -0.4 is 10.2 Å². The van der Waals surface area contributed by atoms with Crippen molar-refractivity contribution in [3.05, 3.63) is 117 Å². The Bertz CT molecular complexity index is 1740. The van der Waals surface area contributed by atoms with Crippen molar-refractivity contribution in [2.24, 2.45) is 9.98 Å². The quantitative estimate of drug-likeness (QED) is 0.254. The number of nitrogens with zero attached hydrogens (tertiary/aromatic N) is 5. The highest BCUT2D eigenvalue weighted by atomic mass is 35.5. The van der Waals surface area contributed by atoms with Crippen molar-refractivity contribution in [2.75, 3.05) is 10.2 Å². The molecule has 0 unspecified atom stereocenters. The molecular formula is C29H20ClFN6S. The highest BCUT2D eigenvalue weighted by Crippen LogP contribution is 2.49. The lowest BCUT2D eigenvalue weighted by molar-refractivity contribution is 0.628. The minimum absolute atomic E-state index is 0.0331. The predicted octanol–water partition coefficient (Wildman–Crippen LogP) is 7.83. The molecule has 0 radical (unpaired) electrons. The van der Waals surface area contributed by atoms with Gasteiger partial charge >= 0.3 is 0 Å². The van der Waals surface area contributed by atoms with Gasteiger partial charge in [0.1, 0.15) is 11.9 Å². The Labute approximate surface area is 227 Å². The van der Waals surface area contributed by atoms with Gasteiger partial charge in [-0.3, -0.25) is 0 Å². The van der Waals surface area contributed by atoms with E-state index in [0.29, 0.717) is 17.4 Å². The van der Waals surface area contributed by atoms with Crippen molar-refractivity contribution in [3.8, 4) is 5.69 Å². The number of fused-ring (bicyclic) bond motifs is 4. The number of rotatable bonds is 3. The van der Waals surface area contributed by atoms with Crippen molar-refractivity contribution < 1.29 is 4.39 Å². The van der Waals surface area contributed by atoms with Crippen LogP contribution in [0.4, 0.5) is 27.3 Å². The number of para-hydroxylation sites is 3. The third-order valence-electron chi connectivity index (χ3n) is 6.63. The molecule has 0 saturated heterocycles. The second kappa shape index (κ2) is 8.93. The Kier molecular flexibility index (Phi) is 5.38. The molecule has 2 aromatic heterocycles. The minimum atomic E-state index is -0.477. The molecule has 5 aromatic rings. The van der Waals surface area contributed by atoms with Crippen LogP contribution in [0.1, 0.15) is 22.2 Å². The fraction of sp³-hybridized carbons (Fsp3) is 0.0690. The molecule has 0 aliphatic carbocycles. The van der Waals surface area contributed by atoms with Gasteiger partial charge in [-0.05, 0) is 60.8 Å². The molecule has 0 fully saturated rings. The maximum atomic E-state index is 13.9. The molecule has 6 nitrogen and oxygen atoms in total. The largest absolute Gasteiger partial charge is 0.337 e. The van der Waals surface area contributed by atoms with Crippen molar-refractivity contribution >= 4 is 57.5 Å². The van der Waals surface area contributed by atoms with E-state index in [1.807, 2.05) is 60.1 Å². The first-order valence-corrected chi connectivity index (χ1v) is 13.3. The molecule has 1 N–H and O–H groups in total. The summed E-state index contributed by atoms with van der Waals surface area (Å²) in [5.74, 6) is 1.46. The summed E-state index contributed by atoms with van der Waals surface area (Å²) >= 11 is 7.79. The Hall–Kier alpha value is -4.27. The van der Waals surface area contributed by atoms with Crippen LogP contribution in [0.2, 0.25) is 5.02 Å². The summed E-state index contributed by atoms with van der Waals surface area (Å²) in [5, 5.41) is 10.4. The maximum absolute atomic E-state index is 13.9. The van der Waals surface area contributed by atoms with Crippen LogP contribution in [-0.2, 0) is 0 Å². The SMILES string of the molecule is Cc1nn(-c2ccccc2)c2c1[C@H](c1cccs1)N1C(=N2)C(Nc2ccc(F)c(Cl)c2)=Nc2ccccc21. The van der Waals surface area contributed by atoms with Gasteiger partial charge in [-0.2, -0.15) is 5.10 Å². The summed E-state index contributed by atoms with van der Waals surface area (Å²) in [4.78, 5) is 13.5. The number of nitrogens with one attached hydrogen (secondary N) is 1. The van der Waals surface area contributed by atoms with Gasteiger partial charge in [0.2, 0.25) is 0 Å². The van der Waals surface area contributed by atoms with Crippen LogP contribution in [0.25, 0.3) is 5.69 Å². The van der Waals surface area contributed by atoms with Crippen molar-refractivity contribution in [1.82, 2.24) is 9.78 Å². The molecule has 2 aliphatic heterocycles. The average molecular weight is 539 g/mol. The van der Waals surface area contributed by atoms with Gasteiger partial charge in [0.15, 0.2) is 17.5 Å². The van der Waals surface area contributed by atoms with Crippen LogP contribution in [0.5, 0.6) is 0 Å². The number of hydrogen-bond donors (Lipinski definition) is 1. The highest BCUT2D eigenvalue weighted by Gasteiger charge is 2.41. The smallest absolute Gasteiger partial charge is 0.179 e. The number of aromatic nitrogens is 2. The first kappa shape index (κ1) is 22.9. The molecule has 0 amide bonds. The van der Waals surface area contributed by atoms with Gasteiger partial charge in [-0.1, -0.05) is 48.0 Å². The summed E-state index contributed by atoms with van der Waals surface area (Å²) in [7, 11) is 0. The monoisotopic (exact) mass is 538 g/mol. The third kappa shape index (κ3) is 3.64. The normalized spacial score (nSPS) is 15.8. The Morgan fingerprint density at radius 1 is 0.947 bits per heavy atom. The van der Waals surface area contributed by atoms with Crippen LogP contribution >= 0.6 is 22.9 Å². The van der Waals surface area contributed by atoms with E-state index in [2.05, 4.69) is 33.8 Å². The summed E-state index contributed by atoms with van der Waals surface area (Å²) in [5.41, 5.74) is 5.24. The van der Waals surface area contributed by atoms with Crippen molar-refractivity contribution in [3.63, 3.8) is 0 Å². The summed E-state index contributed by atoms with van der Waals surface area (Å²) in [6.07, 6.45) is 0. The van der Waals surface area contributed by atoms with E-state index >= 15 is 0 Å².